The number of cyclic esters (lactones) is 2. The fourth-order valence-corrected chi connectivity index (χ4v) is 5.29. The molecule has 0 N–H and O–H groups in total. The first-order valence-corrected chi connectivity index (χ1v) is 11.1. The molecule has 32 heavy (non-hydrogen) atoms. The third-order valence-corrected chi connectivity index (χ3v) is 7.26. The molecule has 2 saturated heterocycles. The molecule has 6 heteroatoms. The van der Waals surface area contributed by atoms with Gasteiger partial charge in [0.1, 0.15) is 11.1 Å². The fourth-order valence-electron chi connectivity index (χ4n) is 5.29. The average Bonchev–Trinajstić information content (AvgIpc) is 2.99. The first-order valence-electron chi connectivity index (χ1n) is 11.1. The Kier molecular flexibility index (Phi) is 4.59. The van der Waals surface area contributed by atoms with E-state index in [2.05, 4.69) is 0 Å². The molecular weight excluding hydrogens is 404 g/mol. The van der Waals surface area contributed by atoms with Gasteiger partial charge in [0.15, 0.2) is 5.60 Å². The van der Waals surface area contributed by atoms with Crippen molar-refractivity contribution in [2.45, 2.75) is 50.4 Å². The van der Waals surface area contributed by atoms with Crippen molar-refractivity contribution in [3.05, 3.63) is 83.6 Å². The maximum Gasteiger partial charge on any atom is 0.415 e. The number of amides is 2. The van der Waals surface area contributed by atoms with Crippen LogP contribution in [0.1, 0.15) is 31.9 Å². The van der Waals surface area contributed by atoms with Gasteiger partial charge in [-0.15, -0.1) is 0 Å². The lowest BCUT2D eigenvalue weighted by Crippen LogP contribution is -2.55. The molecule has 0 spiro atoms. The Morgan fingerprint density at radius 3 is 2.00 bits per heavy atom. The van der Waals surface area contributed by atoms with Crippen molar-refractivity contribution >= 4 is 12.2 Å². The van der Waals surface area contributed by atoms with Crippen molar-refractivity contribution in [3.63, 3.8) is 0 Å². The Bertz CT molecular complexity index is 1090. The zero-order valence-electron chi connectivity index (χ0n) is 18.7. The highest BCUT2D eigenvalue weighted by molar-refractivity contribution is 5.78. The summed E-state index contributed by atoms with van der Waals surface area (Å²) in [5.41, 5.74) is 0.619. The van der Waals surface area contributed by atoms with Gasteiger partial charge in [0.25, 0.3) is 0 Å². The number of carbonyl (C=O) groups is 2. The fraction of sp³-hybridized carbons (Fsp3) is 0.385. The Hall–Kier alpha value is -3.28. The van der Waals surface area contributed by atoms with Gasteiger partial charge in [0.05, 0.1) is 5.70 Å². The van der Waals surface area contributed by atoms with E-state index in [0.717, 1.165) is 16.8 Å². The minimum atomic E-state index is -0.823. The van der Waals surface area contributed by atoms with Crippen LogP contribution in [0.3, 0.4) is 0 Å². The van der Waals surface area contributed by atoms with E-state index >= 15 is 0 Å². The van der Waals surface area contributed by atoms with Crippen LogP contribution in [0.15, 0.2) is 72.4 Å². The van der Waals surface area contributed by atoms with E-state index in [0.29, 0.717) is 25.9 Å². The van der Waals surface area contributed by atoms with Gasteiger partial charge in [-0.3, -0.25) is 9.80 Å². The van der Waals surface area contributed by atoms with Crippen molar-refractivity contribution < 1.29 is 19.1 Å². The van der Waals surface area contributed by atoms with Crippen LogP contribution in [0.2, 0.25) is 0 Å². The van der Waals surface area contributed by atoms with E-state index in [1.165, 1.54) is 0 Å². The van der Waals surface area contributed by atoms with Crippen molar-refractivity contribution in [3.8, 4) is 0 Å². The molecular formula is C26H28N2O4. The summed E-state index contributed by atoms with van der Waals surface area (Å²) in [6.07, 6.45) is 2.46. The lowest BCUT2D eigenvalue weighted by molar-refractivity contribution is 0.0293. The van der Waals surface area contributed by atoms with Crippen molar-refractivity contribution in [1.82, 2.24) is 9.80 Å². The van der Waals surface area contributed by atoms with Crippen molar-refractivity contribution in [1.29, 1.82) is 0 Å². The first kappa shape index (κ1) is 20.6. The molecule has 0 aromatic heterocycles. The van der Waals surface area contributed by atoms with Crippen LogP contribution in [-0.4, -0.2) is 51.8 Å². The van der Waals surface area contributed by atoms with Crippen LogP contribution in [0.5, 0.6) is 0 Å². The van der Waals surface area contributed by atoms with Gasteiger partial charge in [-0.25, -0.2) is 9.59 Å². The maximum atomic E-state index is 13.0. The zero-order valence-corrected chi connectivity index (χ0v) is 18.7. The minimum absolute atomic E-state index is 0.345. The Morgan fingerprint density at radius 2 is 1.38 bits per heavy atom. The van der Waals surface area contributed by atoms with Crippen LogP contribution < -0.4 is 0 Å². The number of fused-ring (bicyclic) bond motifs is 2. The van der Waals surface area contributed by atoms with Crippen LogP contribution >= 0.6 is 0 Å². The summed E-state index contributed by atoms with van der Waals surface area (Å²) in [6.45, 7) is 6.73. The number of benzene rings is 2. The van der Waals surface area contributed by atoms with Crippen LogP contribution in [0, 0.1) is 0 Å². The predicted molar refractivity (Wildman–Crippen MR) is 120 cm³/mol. The molecule has 2 fully saturated rings. The quantitative estimate of drug-likeness (QED) is 0.711. The van der Waals surface area contributed by atoms with E-state index < -0.39 is 16.7 Å². The zero-order chi connectivity index (χ0) is 22.6. The molecule has 3 aliphatic heterocycles. The molecule has 2 aromatic carbocycles. The first-order chi connectivity index (χ1) is 15.2. The molecule has 2 aromatic rings. The molecule has 3 heterocycles. The molecule has 0 radical (unpaired) electrons. The van der Waals surface area contributed by atoms with Crippen LogP contribution in [-0.2, 0) is 22.3 Å². The number of ether oxygens (including phenoxy) is 2. The van der Waals surface area contributed by atoms with Gasteiger partial charge in [-0.05, 0) is 38.0 Å². The van der Waals surface area contributed by atoms with Crippen LogP contribution in [0.4, 0.5) is 9.59 Å². The van der Waals surface area contributed by atoms with Gasteiger partial charge < -0.3 is 9.47 Å². The maximum absolute atomic E-state index is 13.0. The topological polar surface area (TPSA) is 59.1 Å². The van der Waals surface area contributed by atoms with E-state index in [1.807, 2.05) is 87.5 Å². The second kappa shape index (κ2) is 7.12. The number of hydrogen-bond acceptors (Lipinski definition) is 4. The smallest absolute Gasteiger partial charge is 0.415 e. The lowest BCUT2D eigenvalue weighted by atomic mass is 9.76. The second-order valence-electron chi connectivity index (χ2n) is 9.50. The average molecular weight is 433 g/mol. The summed E-state index contributed by atoms with van der Waals surface area (Å²) in [4.78, 5) is 29.3. The normalized spacial score (nSPS) is 31.4. The summed E-state index contributed by atoms with van der Waals surface area (Å²) in [6, 6.07) is 20.1. The van der Waals surface area contributed by atoms with Gasteiger partial charge in [-0.1, -0.05) is 60.7 Å². The molecule has 0 unspecified atom stereocenters. The summed E-state index contributed by atoms with van der Waals surface area (Å²) in [7, 11) is 0. The summed E-state index contributed by atoms with van der Waals surface area (Å²) in [5, 5.41) is 0. The molecule has 6 nitrogen and oxygen atoms in total. The van der Waals surface area contributed by atoms with Gasteiger partial charge in [0.2, 0.25) is 0 Å². The second-order valence-corrected chi connectivity index (χ2v) is 9.50. The molecule has 3 atom stereocenters. The van der Waals surface area contributed by atoms with Gasteiger partial charge in [-0.2, -0.15) is 0 Å². The summed E-state index contributed by atoms with van der Waals surface area (Å²) < 4.78 is 12.0. The highest BCUT2D eigenvalue weighted by Crippen LogP contribution is 2.48. The predicted octanol–water partition coefficient (Wildman–Crippen LogP) is 4.55. The lowest BCUT2D eigenvalue weighted by Gasteiger charge is -2.40. The SMILES string of the molecule is C[C@]12C=C3N(CCN1C(=O)O[C@@]2(C)Cc1ccccc1)C(=O)O[C@@]3(C)Cc1ccccc1. The van der Waals surface area contributed by atoms with Crippen molar-refractivity contribution in [2.75, 3.05) is 13.1 Å². The van der Waals surface area contributed by atoms with E-state index in [-0.39, 0.29) is 12.2 Å². The highest BCUT2D eigenvalue weighted by atomic mass is 16.6. The number of nitrogens with zero attached hydrogens (tertiary/aromatic N) is 2. The Balaban J connectivity index is 1.59. The van der Waals surface area contributed by atoms with E-state index in [1.54, 1.807) is 9.80 Å². The molecule has 0 saturated carbocycles. The Morgan fingerprint density at radius 1 is 0.781 bits per heavy atom. The molecule has 166 valence electrons. The van der Waals surface area contributed by atoms with Crippen molar-refractivity contribution in [2.24, 2.45) is 0 Å². The molecule has 0 aliphatic carbocycles. The van der Waals surface area contributed by atoms with Crippen LogP contribution in [0.25, 0.3) is 0 Å². The van der Waals surface area contributed by atoms with E-state index in [9.17, 15) is 9.59 Å². The molecule has 3 aliphatic rings. The van der Waals surface area contributed by atoms with Gasteiger partial charge in [0, 0.05) is 25.9 Å². The molecule has 2 amide bonds. The van der Waals surface area contributed by atoms with E-state index in [4.69, 9.17) is 9.47 Å². The van der Waals surface area contributed by atoms with Gasteiger partial charge >= 0.3 is 12.2 Å². The summed E-state index contributed by atoms with van der Waals surface area (Å²) in [5.74, 6) is 0. The minimum Gasteiger partial charge on any atom is -0.440 e. The summed E-state index contributed by atoms with van der Waals surface area (Å²) >= 11 is 0. The Labute approximate surface area is 188 Å². The molecule has 0 bridgehead atoms. The standard InChI is InChI=1S/C26H28N2O4/c1-24(16-19-10-6-4-7-11-19)21-18-25(2)26(3,17-20-12-8-5-9-13-20)32-23(30)28(25)15-14-27(21)22(29)31-24/h4-13,18H,14-17H2,1-3H3/t24-,25+,26-/m0/s1. The third-order valence-electron chi connectivity index (χ3n) is 7.26. The highest BCUT2D eigenvalue weighted by Gasteiger charge is 2.62. The number of hydrogen-bond donors (Lipinski definition) is 0. The monoisotopic (exact) mass is 432 g/mol. The number of rotatable bonds is 4. The third kappa shape index (κ3) is 3.08. The number of carbonyl (C=O) groups excluding carboxylic acids is 2. The molecule has 5 rings (SSSR count). The largest absolute Gasteiger partial charge is 0.440 e.